The number of rotatable bonds is 4. The average molecular weight is 371 g/mol. The number of anilines is 2. The minimum Gasteiger partial charge on any atom is -0.323 e. The standard InChI is InChI=1S/C21H21N7/c1-13-17(12-28(2)27-13)16-8-19-18(22-10-16)6-7-20(24-19)25-21-9-15(11-23-26-21)14-4-3-5-14/h6-12,14H,3-5H2,1-2H3,(H,24,25,26). The molecular weight excluding hydrogens is 350 g/mol. The van der Waals surface area contributed by atoms with Crippen LogP contribution in [0.25, 0.3) is 22.2 Å². The Labute approximate surface area is 162 Å². The van der Waals surface area contributed by atoms with E-state index in [0.29, 0.717) is 5.92 Å². The Morgan fingerprint density at radius 3 is 2.71 bits per heavy atom. The van der Waals surface area contributed by atoms with Gasteiger partial charge in [-0.15, -0.1) is 5.10 Å². The van der Waals surface area contributed by atoms with Crippen molar-refractivity contribution >= 4 is 22.7 Å². The third-order valence-corrected chi connectivity index (χ3v) is 5.37. The summed E-state index contributed by atoms with van der Waals surface area (Å²) in [6.45, 7) is 2.00. The summed E-state index contributed by atoms with van der Waals surface area (Å²) < 4.78 is 1.81. The van der Waals surface area contributed by atoms with Crippen molar-refractivity contribution in [2.45, 2.75) is 32.1 Å². The number of nitrogens with zero attached hydrogens (tertiary/aromatic N) is 6. The third kappa shape index (κ3) is 3.09. The van der Waals surface area contributed by atoms with Gasteiger partial charge < -0.3 is 5.32 Å². The molecule has 1 aliphatic carbocycles. The highest BCUT2D eigenvalue weighted by molar-refractivity contribution is 5.82. The second kappa shape index (κ2) is 6.67. The minimum absolute atomic E-state index is 0.620. The molecule has 28 heavy (non-hydrogen) atoms. The molecule has 0 spiro atoms. The molecule has 7 nitrogen and oxygen atoms in total. The first-order chi connectivity index (χ1) is 13.7. The lowest BCUT2D eigenvalue weighted by Crippen LogP contribution is -2.10. The van der Waals surface area contributed by atoms with E-state index in [1.807, 2.05) is 55.4 Å². The van der Waals surface area contributed by atoms with Gasteiger partial charge in [-0.1, -0.05) is 6.42 Å². The van der Waals surface area contributed by atoms with E-state index in [0.717, 1.165) is 39.5 Å². The maximum atomic E-state index is 4.73. The molecule has 0 radical (unpaired) electrons. The molecule has 0 bridgehead atoms. The molecule has 0 aromatic carbocycles. The first-order valence-electron chi connectivity index (χ1n) is 9.53. The summed E-state index contributed by atoms with van der Waals surface area (Å²) in [5.41, 5.74) is 5.98. The van der Waals surface area contributed by atoms with Crippen molar-refractivity contribution in [3.63, 3.8) is 0 Å². The van der Waals surface area contributed by atoms with Crippen molar-refractivity contribution in [1.29, 1.82) is 0 Å². The molecule has 1 N–H and O–H groups in total. The van der Waals surface area contributed by atoms with Gasteiger partial charge in [0.2, 0.25) is 0 Å². The van der Waals surface area contributed by atoms with Gasteiger partial charge in [-0.2, -0.15) is 10.2 Å². The molecular formula is C21H21N7. The molecule has 0 amide bonds. The Morgan fingerprint density at radius 2 is 1.96 bits per heavy atom. The number of aryl methyl sites for hydroxylation is 2. The van der Waals surface area contributed by atoms with Crippen LogP contribution in [0.2, 0.25) is 0 Å². The van der Waals surface area contributed by atoms with Crippen molar-refractivity contribution in [2.24, 2.45) is 7.05 Å². The normalized spacial score (nSPS) is 14.2. The number of hydrogen-bond donors (Lipinski definition) is 1. The Bertz CT molecular complexity index is 1160. The van der Waals surface area contributed by atoms with Crippen molar-refractivity contribution in [3.05, 3.63) is 54.1 Å². The average Bonchev–Trinajstić information content (AvgIpc) is 2.98. The van der Waals surface area contributed by atoms with Gasteiger partial charge in [0.05, 0.1) is 22.9 Å². The summed E-state index contributed by atoms with van der Waals surface area (Å²) in [7, 11) is 1.92. The monoisotopic (exact) mass is 371 g/mol. The lowest BCUT2D eigenvalue weighted by atomic mass is 9.81. The van der Waals surface area contributed by atoms with Crippen LogP contribution in [-0.2, 0) is 7.05 Å². The third-order valence-electron chi connectivity index (χ3n) is 5.37. The maximum Gasteiger partial charge on any atom is 0.154 e. The van der Waals surface area contributed by atoms with Crippen molar-refractivity contribution in [1.82, 2.24) is 29.9 Å². The van der Waals surface area contributed by atoms with Crippen LogP contribution in [0.3, 0.4) is 0 Å². The minimum atomic E-state index is 0.620. The first kappa shape index (κ1) is 16.8. The Balaban J connectivity index is 1.46. The maximum absolute atomic E-state index is 4.73. The Morgan fingerprint density at radius 1 is 1.07 bits per heavy atom. The van der Waals surface area contributed by atoms with E-state index < -0.39 is 0 Å². The highest BCUT2D eigenvalue weighted by Crippen LogP contribution is 2.36. The molecule has 1 aliphatic rings. The molecule has 1 fully saturated rings. The fourth-order valence-corrected chi connectivity index (χ4v) is 3.65. The summed E-state index contributed by atoms with van der Waals surface area (Å²) in [5, 5.41) is 16.1. The first-order valence-corrected chi connectivity index (χ1v) is 9.53. The number of pyridine rings is 2. The van der Waals surface area contributed by atoms with E-state index in [2.05, 4.69) is 31.7 Å². The quantitative estimate of drug-likeness (QED) is 0.581. The van der Waals surface area contributed by atoms with Gasteiger partial charge in [0, 0.05) is 30.6 Å². The zero-order valence-electron chi connectivity index (χ0n) is 15.9. The topological polar surface area (TPSA) is 81.4 Å². The Kier molecular flexibility index (Phi) is 4.00. The summed E-state index contributed by atoms with van der Waals surface area (Å²) in [6.07, 6.45) is 9.52. The van der Waals surface area contributed by atoms with E-state index in [1.165, 1.54) is 24.8 Å². The van der Waals surface area contributed by atoms with Gasteiger partial charge >= 0.3 is 0 Å². The predicted octanol–water partition coefficient (Wildman–Crippen LogP) is 4.14. The smallest absolute Gasteiger partial charge is 0.154 e. The van der Waals surface area contributed by atoms with Gasteiger partial charge in [-0.25, -0.2) is 4.98 Å². The summed E-state index contributed by atoms with van der Waals surface area (Å²) in [4.78, 5) is 9.29. The zero-order valence-corrected chi connectivity index (χ0v) is 15.9. The van der Waals surface area contributed by atoms with E-state index in [9.17, 15) is 0 Å². The van der Waals surface area contributed by atoms with Gasteiger partial charge in [-0.05, 0) is 55.5 Å². The lowest BCUT2D eigenvalue weighted by Gasteiger charge is -2.25. The second-order valence-corrected chi connectivity index (χ2v) is 7.39. The molecule has 140 valence electrons. The van der Waals surface area contributed by atoms with E-state index in [4.69, 9.17) is 4.98 Å². The fourth-order valence-electron chi connectivity index (χ4n) is 3.65. The summed E-state index contributed by atoms with van der Waals surface area (Å²) in [5.74, 6) is 2.08. The summed E-state index contributed by atoms with van der Waals surface area (Å²) in [6, 6.07) is 8.01. The van der Waals surface area contributed by atoms with Crippen LogP contribution < -0.4 is 5.32 Å². The number of nitrogens with one attached hydrogen (secondary N) is 1. The van der Waals surface area contributed by atoms with Crippen molar-refractivity contribution < 1.29 is 0 Å². The van der Waals surface area contributed by atoms with Gasteiger partial charge in [0.15, 0.2) is 5.82 Å². The van der Waals surface area contributed by atoms with E-state index in [1.54, 1.807) is 0 Å². The van der Waals surface area contributed by atoms with Crippen LogP contribution in [0.5, 0.6) is 0 Å². The molecule has 1 saturated carbocycles. The Hall–Kier alpha value is -3.35. The van der Waals surface area contributed by atoms with Crippen LogP contribution >= 0.6 is 0 Å². The largest absolute Gasteiger partial charge is 0.323 e. The molecule has 7 heteroatoms. The van der Waals surface area contributed by atoms with E-state index in [-0.39, 0.29) is 0 Å². The number of hydrogen-bond acceptors (Lipinski definition) is 6. The van der Waals surface area contributed by atoms with Gasteiger partial charge in [0.1, 0.15) is 5.82 Å². The van der Waals surface area contributed by atoms with Crippen LogP contribution in [0.4, 0.5) is 11.6 Å². The van der Waals surface area contributed by atoms with Crippen LogP contribution in [0.1, 0.15) is 36.4 Å². The van der Waals surface area contributed by atoms with Crippen LogP contribution in [0.15, 0.2) is 42.9 Å². The molecule has 5 rings (SSSR count). The number of fused-ring (bicyclic) bond motifs is 1. The van der Waals surface area contributed by atoms with Crippen molar-refractivity contribution in [3.8, 4) is 11.1 Å². The van der Waals surface area contributed by atoms with Gasteiger partial charge in [0.25, 0.3) is 0 Å². The summed E-state index contributed by atoms with van der Waals surface area (Å²) >= 11 is 0. The number of aromatic nitrogens is 6. The van der Waals surface area contributed by atoms with Gasteiger partial charge in [-0.3, -0.25) is 9.67 Å². The van der Waals surface area contributed by atoms with Crippen molar-refractivity contribution in [2.75, 3.05) is 5.32 Å². The van der Waals surface area contributed by atoms with Crippen LogP contribution in [-0.4, -0.2) is 29.9 Å². The highest BCUT2D eigenvalue weighted by Gasteiger charge is 2.20. The molecule has 0 atom stereocenters. The van der Waals surface area contributed by atoms with E-state index >= 15 is 0 Å². The fraction of sp³-hybridized carbons (Fsp3) is 0.286. The zero-order chi connectivity index (χ0) is 19.1. The lowest BCUT2D eigenvalue weighted by molar-refractivity contribution is 0.418. The molecule has 0 unspecified atom stereocenters. The molecule has 0 saturated heterocycles. The molecule has 4 aromatic rings. The SMILES string of the molecule is Cc1nn(C)cc1-c1cnc2ccc(Nc3cc(C4CCC4)cnn3)nc2c1. The molecule has 4 aromatic heterocycles. The predicted molar refractivity (Wildman–Crippen MR) is 108 cm³/mol. The molecule has 0 aliphatic heterocycles. The second-order valence-electron chi connectivity index (χ2n) is 7.39. The molecule has 4 heterocycles. The van der Waals surface area contributed by atoms with Crippen LogP contribution in [0, 0.1) is 6.92 Å². The highest BCUT2D eigenvalue weighted by atomic mass is 15.2.